The summed E-state index contributed by atoms with van der Waals surface area (Å²) in [4.78, 5) is 11.6. The fourth-order valence-corrected chi connectivity index (χ4v) is 2.40. The van der Waals surface area contributed by atoms with Gasteiger partial charge < -0.3 is 15.2 Å². The Balaban J connectivity index is 1.67. The molecule has 1 fully saturated rings. The lowest BCUT2D eigenvalue weighted by atomic mass is 10.1. The lowest BCUT2D eigenvalue weighted by Gasteiger charge is -2.11. The maximum absolute atomic E-state index is 11.6. The van der Waals surface area contributed by atoms with Crippen LogP contribution in [-0.4, -0.2) is 30.3 Å². The van der Waals surface area contributed by atoms with Gasteiger partial charge in [0, 0.05) is 6.54 Å². The first-order valence-corrected chi connectivity index (χ1v) is 6.77. The predicted octanol–water partition coefficient (Wildman–Crippen LogP) is 1.65. The smallest absolute Gasteiger partial charge is 0.257 e. The fraction of sp³-hybridized carbons (Fsp3) is 0.533. The second-order valence-electron chi connectivity index (χ2n) is 5.24. The van der Waals surface area contributed by atoms with E-state index in [2.05, 4.69) is 5.32 Å². The van der Waals surface area contributed by atoms with Crippen LogP contribution in [0.5, 0.6) is 5.75 Å². The molecule has 0 heterocycles. The van der Waals surface area contributed by atoms with Gasteiger partial charge in [0.1, 0.15) is 5.75 Å². The molecular weight excluding hydrogens is 242 g/mol. The number of hydrogen-bond acceptors (Lipinski definition) is 3. The fourth-order valence-electron chi connectivity index (χ4n) is 2.40. The van der Waals surface area contributed by atoms with Gasteiger partial charge in [0.15, 0.2) is 6.61 Å². The van der Waals surface area contributed by atoms with Crippen molar-refractivity contribution in [2.24, 2.45) is 5.92 Å². The molecule has 1 aliphatic rings. The van der Waals surface area contributed by atoms with Crippen LogP contribution in [0.4, 0.5) is 0 Å². The minimum Gasteiger partial charge on any atom is -0.484 e. The van der Waals surface area contributed by atoms with Crippen molar-refractivity contribution in [1.82, 2.24) is 5.32 Å². The highest BCUT2D eigenvalue weighted by Crippen LogP contribution is 2.24. The van der Waals surface area contributed by atoms with Crippen molar-refractivity contribution >= 4 is 5.91 Å². The van der Waals surface area contributed by atoms with Crippen LogP contribution in [0.15, 0.2) is 24.3 Å². The van der Waals surface area contributed by atoms with Crippen molar-refractivity contribution in [3.63, 3.8) is 0 Å². The monoisotopic (exact) mass is 263 g/mol. The van der Waals surface area contributed by atoms with E-state index in [4.69, 9.17) is 4.74 Å². The first-order chi connectivity index (χ1) is 9.13. The number of nitrogens with one attached hydrogen (secondary N) is 1. The summed E-state index contributed by atoms with van der Waals surface area (Å²) in [6.45, 7) is 2.66. The average molecular weight is 263 g/mol. The van der Waals surface area contributed by atoms with Crippen LogP contribution in [0.1, 0.15) is 24.8 Å². The number of carbonyl (C=O) groups excluding carboxylic acids is 1. The Bertz CT molecular complexity index is 433. The van der Waals surface area contributed by atoms with Gasteiger partial charge in [-0.25, -0.2) is 0 Å². The molecule has 1 aliphatic carbocycles. The second-order valence-corrected chi connectivity index (χ2v) is 5.24. The number of aliphatic hydroxyl groups excluding tert-OH is 1. The summed E-state index contributed by atoms with van der Waals surface area (Å²) in [6.07, 6.45) is 2.44. The van der Waals surface area contributed by atoms with Gasteiger partial charge in [-0.3, -0.25) is 4.79 Å². The van der Waals surface area contributed by atoms with Gasteiger partial charge in [-0.2, -0.15) is 0 Å². The van der Waals surface area contributed by atoms with E-state index in [0.717, 1.165) is 24.8 Å². The largest absolute Gasteiger partial charge is 0.484 e. The van der Waals surface area contributed by atoms with Gasteiger partial charge in [0.05, 0.1) is 6.10 Å². The van der Waals surface area contributed by atoms with Crippen LogP contribution in [-0.2, 0) is 4.79 Å². The third-order valence-electron chi connectivity index (χ3n) is 3.46. The SMILES string of the molecule is Cc1cccc(OCC(=O)NCC2CCC(O)C2)c1. The minimum absolute atomic E-state index is 0.0404. The van der Waals surface area contributed by atoms with Crippen LogP contribution in [0.2, 0.25) is 0 Å². The van der Waals surface area contributed by atoms with Gasteiger partial charge in [-0.1, -0.05) is 12.1 Å². The van der Waals surface area contributed by atoms with Crippen molar-refractivity contribution in [3.05, 3.63) is 29.8 Å². The highest BCUT2D eigenvalue weighted by molar-refractivity contribution is 5.77. The van der Waals surface area contributed by atoms with Gasteiger partial charge in [0.25, 0.3) is 5.91 Å². The lowest BCUT2D eigenvalue weighted by Crippen LogP contribution is -2.32. The van der Waals surface area contributed by atoms with Crippen LogP contribution in [0.25, 0.3) is 0 Å². The molecule has 0 radical (unpaired) electrons. The summed E-state index contributed by atoms with van der Waals surface area (Å²) in [5.41, 5.74) is 1.11. The summed E-state index contributed by atoms with van der Waals surface area (Å²) in [7, 11) is 0. The summed E-state index contributed by atoms with van der Waals surface area (Å²) < 4.78 is 5.42. The van der Waals surface area contributed by atoms with E-state index in [1.54, 1.807) is 0 Å². The number of aliphatic hydroxyl groups is 1. The van der Waals surface area contributed by atoms with E-state index in [-0.39, 0.29) is 18.6 Å². The number of rotatable bonds is 5. The Morgan fingerprint density at radius 1 is 1.47 bits per heavy atom. The molecule has 19 heavy (non-hydrogen) atoms. The average Bonchev–Trinajstić information content (AvgIpc) is 2.80. The molecule has 0 aromatic heterocycles. The third kappa shape index (κ3) is 4.56. The quantitative estimate of drug-likeness (QED) is 0.849. The second kappa shape index (κ2) is 6.57. The summed E-state index contributed by atoms with van der Waals surface area (Å²) in [6, 6.07) is 7.63. The molecule has 2 rings (SSSR count). The zero-order valence-corrected chi connectivity index (χ0v) is 11.3. The van der Waals surface area contributed by atoms with Crippen LogP contribution >= 0.6 is 0 Å². The Labute approximate surface area is 113 Å². The Morgan fingerprint density at radius 2 is 2.32 bits per heavy atom. The molecule has 1 amide bonds. The molecule has 1 saturated carbocycles. The molecule has 2 atom stereocenters. The Hall–Kier alpha value is -1.55. The van der Waals surface area contributed by atoms with E-state index in [0.29, 0.717) is 18.2 Å². The zero-order chi connectivity index (χ0) is 13.7. The highest BCUT2D eigenvalue weighted by atomic mass is 16.5. The topological polar surface area (TPSA) is 58.6 Å². The summed E-state index contributed by atoms with van der Waals surface area (Å²) >= 11 is 0. The molecule has 0 aliphatic heterocycles. The van der Waals surface area contributed by atoms with Gasteiger partial charge >= 0.3 is 0 Å². The number of carbonyl (C=O) groups is 1. The minimum atomic E-state index is -0.189. The van der Waals surface area contributed by atoms with Crippen LogP contribution < -0.4 is 10.1 Å². The number of amides is 1. The number of aryl methyl sites for hydroxylation is 1. The molecular formula is C15H21NO3. The predicted molar refractivity (Wildman–Crippen MR) is 73.0 cm³/mol. The number of ether oxygens (including phenoxy) is 1. The van der Waals surface area contributed by atoms with Gasteiger partial charge in [0.2, 0.25) is 0 Å². The molecule has 104 valence electrons. The van der Waals surface area contributed by atoms with Crippen molar-refractivity contribution in [3.8, 4) is 5.75 Å². The zero-order valence-electron chi connectivity index (χ0n) is 11.3. The van der Waals surface area contributed by atoms with Gasteiger partial charge in [-0.15, -0.1) is 0 Å². The summed E-state index contributed by atoms with van der Waals surface area (Å²) in [5.74, 6) is 1.01. The molecule has 4 nitrogen and oxygen atoms in total. The maximum atomic E-state index is 11.6. The molecule has 0 spiro atoms. The van der Waals surface area contributed by atoms with E-state index in [1.165, 1.54) is 0 Å². The molecule has 0 bridgehead atoms. The van der Waals surface area contributed by atoms with E-state index < -0.39 is 0 Å². The van der Waals surface area contributed by atoms with Crippen molar-refractivity contribution < 1.29 is 14.6 Å². The van der Waals surface area contributed by atoms with Crippen molar-refractivity contribution in [2.75, 3.05) is 13.2 Å². The molecule has 0 saturated heterocycles. The standard InChI is InChI=1S/C15H21NO3/c1-11-3-2-4-14(7-11)19-10-15(18)16-9-12-5-6-13(17)8-12/h2-4,7,12-13,17H,5-6,8-10H2,1H3,(H,16,18). The van der Waals surface area contributed by atoms with E-state index in [1.807, 2.05) is 31.2 Å². The molecule has 2 unspecified atom stereocenters. The Kier molecular flexibility index (Phi) is 4.80. The molecule has 4 heteroatoms. The molecule has 1 aromatic rings. The maximum Gasteiger partial charge on any atom is 0.257 e. The van der Waals surface area contributed by atoms with E-state index >= 15 is 0 Å². The lowest BCUT2D eigenvalue weighted by molar-refractivity contribution is -0.123. The van der Waals surface area contributed by atoms with Gasteiger partial charge in [-0.05, 0) is 49.8 Å². The first kappa shape index (κ1) is 13.9. The number of hydrogen-bond donors (Lipinski definition) is 2. The molecule has 2 N–H and O–H groups in total. The summed E-state index contributed by atoms with van der Waals surface area (Å²) in [5, 5.41) is 12.3. The Morgan fingerprint density at radius 3 is 3.00 bits per heavy atom. The van der Waals surface area contributed by atoms with Crippen LogP contribution in [0, 0.1) is 12.8 Å². The third-order valence-corrected chi connectivity index (χ3v) is 3.46. The first-order valence-electron chi connectivity index (χ1n) is 6.77. The highest BCUT2D eigenvalue weighted by Gasteiger charge is 2.22. The van der Waals surface area contributed by atoms with Crippen molar-refractivity contribution in [1.29, 1.82) is 0 Å². The van der Waals surface area contributed by atoms with E-state index in [9.17, 15) is 9.90 Å². The van der Waals surface area contributed by atoms with Crippen molar-refractivity contribution in [2.45, 2.75) is 32.3 Å². The normalized spacial score (nSPS) is 22.2. The van der Waals surface area contributed by atoms with Crippen LogP contribution in [0.3, 0.4) is 0 Å². The number of benzene rings is 1. The molecule has 1 aromatic carbocycles.